The molecule has 10 heteroatoms. The van der Waals surface area contributed by atoms with E-state index in [-0.39, 0.29) is 16.8 Å². The van der Waals surface area contributed by atoms with Gasteiger partial charge in [0.05, 0.1) is 25.6 Å². The molecule has 9 nitrogen and oxygen atoms in total. The molecule has 1 saturated heterocycles. The number of methoxy groups -OCH3 is 2. The maximum absolute atomic E-state index is 12.7. The predicted molar refractivity (Wildman–Crippen MR) is 116 cm³/mol. The van der Waals surface area contributed by atoms with E-state index in [9.17, 15) is 13.2 Å². The van der Waals surface area contributed by atoms with Crippen LogP contribution in [-0.4, -0.2) is 62.8 Å². The zero-order chi connectivity index (χ0) is 22.6. The summed E-state index contributed by atoms with van der Waals surface area (Å²) in [5, 5.41) is 6.67. The number of sulfonamides is 1. The Morgan fingerprint density at radius 3 is 2.45 bits per heavy atom. The fourth-order valence-electron chi connectivity index (χ4n) is 3.91. The Morgan fingerprint density at radius 1 is 1.19 bits per heavy atom. The van der Waals surface area contributed by atoms with Crippen LogP contribution in [0.4, 0.5) is 0 Å². The maximum atomic E-state index is 12.7. The van der Waals surface area contributed by atoms with Gasteiger partial charge in [-0.2, -0.15) is 5.10 Å². The first kappa shape index (κ1) is 23.1. The van der Waals surface area contributed by atoms with Crippen LogP contribution in [0.1, 0.15) is 36.2 Å². The molecule has 0 bridgehead atoms. The van der Waals surface area contributed by atoms with Crippen LogP contribution in [-0.2, 0) is 21.2 Å². The van der Waals surface area contributed by atoms with E-state index in [2.05, 4.69) is 14.9 Å². The van der Waals surface area contributed by atoms with Gasteiger partial charge in [-0.3, -0.25) is 9.89 Å². The number of amides is 1. The van der Waals surface area contributed by atoms with Crippen LogP contribution in [0.25, 0.3) is 0 Å². The zero-order valence-corrected chi connectivity index (χ0v) is 19.2. The van der Waals surface area contributed by atoms with Crippen molar-refractivity contribution >= 4 is 15.9 Å². The Bertz CT molecular complexity index is 1010. The summed E-state index contributed by atoms with van der Waals surface area (Å²) in [6.07, 6.45) is 2.15. The van der Waals surface area contributed by atoms with E-state index in [1.807, 2.05) is 18.2 Å². The largest absolute Gasteiger partial charge is 0.493 e. The lowest BCUT2D eigenvalue weighted by atomic mass is 10.0. The molecule has 0 unspecified atom stereocenters. The highest BCUT2D eigenvalue weighted by atomic mass is 32.2. The normalized spacial score (nSPS) is 15.2. The fraction of sp³-hybridized carbons (Fsp3) is 0.524. The highest BCUT2D eigenvalue weighted by Crippen LogP contribution is 2.28. The second-order valence-corrected chi connectivity index (χ2v) is 9.38. The first-order valence-electron chi connectivity index (χ1n) is 10.3. The summed E-state index contributed by atoms with van der Waals surface area (Å²) in [4.78, 5) is 14.7. The number of benzene rings is 1. The monoisotopic (exact) mass is 450 g/mol. The number of rotatable bonds is 8. The van der Waals surface area contributed by atoms with E-state index >= 15 is 0 Å². The fourth-order valence-corrected chi connectivity index (χ4v) is 5.58. The number of aromatic amines is 1. The molecule has 2 N–H and O–H groups in total. The van der Waals surface area contributed by atoms with Crippen molar-refractivity contribution in [1.29, 1.82) is 0 Å². The lowest BCUT2D eigenvalue weighted by Crippen LogP contribution is -2.46. The SMILES string of the molecule is COc1ccc(CCC(=O)N2CCC(NS(=O)(=O)c3c(C)n[nH]c3C)CC2)cc1OC. The van der Waals surface area contributed by atoms with Gasteiger partial charge in [0.2, 0.25) is 15.9 Å². The number of H-pyrrole nitrogens is 1. The minimum Gasteiger partial charge on any atom is -0.493 e. The molecule has 31 heavy (non-hydrogen) atoms. The molecule has 1 aromatic heterocycles. The first-order chi connectivity index (χ1) is 14.7. The number of ether oxygens (including phenoxy) is 2. The smallest absolute Gasteiger partial charge is 0.244 e. The Kier molecular flexibility index (Phi) is 7.22. The van der Waals surface area contributed by atoms with Gasteiger partial charge in [-0.05, 0) is 50.8 Å². The Morgan fingerprint density at radius 2 is 1.87 bits per heavy atom. The first-order valence-corrected chi connectivity index (χ1v) is 11.8. The molecule has 1 aliphatic rings. The van der Waals surface area contributed by atoms with E-state index in [1.165, 1.54) is 0 Å². The molecule has 1 amide bonds. The summed E-state index contributed by atoms with van der Waals surface area (Å²) in [5.74, 6) is 1.36. The van der Waals surface area contributed by atoms with Gasteiger partial charge in [0.25, 0.3) is 0 Å². The third kappa shape index (κ3) is 5.37. The molecule has 0 radical (unpaired) electrons. The second-order valence-electron chi connectivity index (χ2n) is 7.73. The molecular weight excluding hydrogens is 420 g/mol. The van der Waals surface area contributed by atoms with Gasteiger partial charge < -0.3 is 14.4 Å². The lowest BCUT2D eigenvalue weighted by molar-refractivity contribution is -0.132. The van der Waals surface area contributed by atoms with Gasteiger partial charge in [0.15, 0.2) is 11.5 Å². The van der Waals surface area contributed by atoms with Gasteiger partial charge in [-0.15, -0.1) is 0 Å². The standard InChI is InChI=1S/C21H30N4O5S/c1-14-21(15(2)23-22-14)31(27,28)24-17-9-11-25(12-10-17)20(26)8-6-16-5-7-18(29-3)19(13-16)30-4/h5,7,13,17,24H,6,8-12H2,1-4H3,(H,22,23). The van der Waals surface area contributed by atoms with Crippen molar-refractivity contribution in [2.24, 2.45) is 0 Å². The minimum absolute atomic E-state index is 0.0672. The molecule has 0 spiro atoms. The van der Waals surface area contributed by atoms with Crippen LogP contribution >= 0.6 is 0 Å². The van der Waals surface area contributed by atoms with Gasteiger partial charge in [-0.1, -0.05) is 6.07 Å². The van der Waals surface area contributed by atoms with E-state index in [1.54, 1.807) is 33.0 Å². The Labute approximate surface area is 183 Å². The predicted octanol–water partition coefficient (Wildman–Crippen LogP) is 1.95. The number of nitrogens with one attached hydrogen (secondary N) is 2. The van der Waals surface area contributed by atoms with Crippen LogP contribution in [0.5, 0.6) is 11.5 Å². The van der Waals surface area contributed by atoms with E-state index in [4.69, 9.17) is 9.47 Å². The summed E-state index contributed by atoms with van der Waals surface area (Å²) in [7, 11) is -0.474. The zero-order valence-electron chi connectivity index (χ0n) is 18.4. The average molecular weight is 451 g/mol. The third-order valence-corrected chi connectivity index (χ3v) is 7.36. The topological polar surface area (TPSA) is 114 Å². The molecule has 170 valence electrons. The van der Waals surface area contributed by atoms with Gasteiger partial charge in [0.1, 0.15) is 4.90 Å². The van der Waals surface area contributed by atoms with Crippen LogP contribution < -0.4 is 14.2 Å². The number of hydrogen-bond donors (Lipinski definition) is 2. The van der Waals surface area contributed by atoms with Gasteiger partial charge >= 0.3 is 0 Å². The highest BCUT2D eigenvalue weighted by molar-refractivity contribution is 7.89. The quantitative estimate of drug-likeness (QED) is 0.635. The molecule has 0 aliphatic carbocycles. The molecule has 0 atom stereocenters. The number of likely N-dealkylation sites (tertiary alicyclic amines) is 1. The van der Waals surface area contributed by atoms with Gasteiger partial charge in [0, 0.05) is 25.6 Å². The Hall–Kier alpha value is -2.59. The van der Waals surface area contributed by atoms with Crippen molar-refractivity contribution < 1.29 is 22.7 Å². The number of aromatic nitrogens is 2. The summed E-state index contributed by atoms with van der Waals surface area (Å²) >= 11 is 0. The Balaban J connectivity index is 1.51. The summed E-state index contributed by atoms with van der Waals surface area (Å²) in [5.41, 5.74) is 1.97. The van der Waals surface area contributed by atoms with Crippen molar-refractivity contribution in [2.75, 3.05) is 27.3 Å². The molecule has 1 fully saturated rings. The summed E-state index contributed by atoms with van der Waals surface area (Å²) in [6, 6.07) is 5.44. The molecule has 2 heterocycles. The second kappa shape index (κ2) is 9.69. The van der Waals surface area contributed by atoms with Crippen molar-refractivity contribution in [3.8, 4) is 11.5 Å². The summed E-state index contributed by atoms with van der Waals surface area (Å²) in [6.45, 7) is 4.41. The number of aryl methyl sites for hydroxylation is 3. The molecule has 1 aromatic carbocycles. The van der Waals surface area contributed by atoms with Crippen LogP contribution in [0.15, 0.2) is 23.1 Å². The lowest BCUT2D eigenvalue weighted by Gasteiger charge is -2.32. The molecule has 2 aromatic rings. The van der Waals surface area contributed by atoms with E-state index in [0.29, 0.717) is 61.7 Å². The van der Waals surface area contributed by atoms with E-state index in [0.717, 1.165) is 5.56 Å². The number of carbonyl (C=O) groups is 1. The maximum Gasteiger partial charge on any atom is 0.244 e. The number of carbonyl (C=O) groups excluding carboxylic acids is 1. The van der Waals surface area contributed by atoms with Crippen LogP contribution in [0.2, 0.25) is 0 Å². The van der Waals surface area contributed by atoms with Crippen molar-refractivity contribution in [3.05, 3.63) is 35.2 Å². The number of piperidine rings is 1. The minimum atomic E-state index is -3.64. The molecule has 3 rings (SSSR count). The number of hydrogen-bond acceptors (Lipinski definition) is 6. The van der Waals surface area contributed by atoms with Crippen molar-refractivity contribution in [3.63, 3.8) is 0 Å². The molecular formula is C21H30N4O5S. The van der Waals surface area contributed by atoms with Crippen molar-refractivity contribution in [2.45, 2.75) is 50.5 Å². The highest BCUT2D eigenvalue weighted by Gasteiger charge is 2.29. The van der Waals surface area contributed by atoms with Crippen LogP contribution in [0.3, 0.4) is 0 Å². The van der Waals surface area contributed by atoms with Gasteiger partial charge in [-0.25, -0.2) is 13.1 Å². The average Bonchev–Trinajstić information content (AvgIpc) is 3.10. The molecule has 0 saturated carbocycles. The summed E-state index contributed by atoms with van der Waals surface area (Å²) < 4.78 is 38.7. The van der Waals surface area contributed by atoms with Crippen molar-refractivity contribution in [1.82, 2.24) is 19.8 Å². The van der Waals surface area contributed by atoms with Crippen LogP contribution in [0, 0.1) is 13.8 Å². The number of nitrogens with zero attached hydrogens (tertiary/aromatic N) is 2. The van der Waals surface area contributed by atoms with E-state index < -0.39 is 10.0 Å². The third-order valence-electron chi connectivity index (χ3n) is 5.57. The molecule has 1 aliphatic heterocycles.